The molecule has 0 amide bonds. The zero-order chi connectivity index (χ0) is 16.3. The number of fused-ring (bicyclic) bond motifs is 1. The molecule has 1 aliphatic rings. The fourth-order valence-corrected chi connectivity index (χ4v) is 3.10. The van der Waals surface area contributed by atoms with Gasteiger partial charge in [-0.15, -0.1) is 0 Å². The lowest BCUT2D eigenvalue weighted by Gasteiger charge is -2.44. The smallest absolute Gasteiger partial charge is 0.0909 e. The Hall–Kier alpha value is -1.84. The number of aliphatic hydroxyl groups is 2. The first-order chi connectivity index (χ1) is 10.5. The molecule has 0 radical (unpaired) electrons. The number of aliphatic hydroxyl groups excluding tert-OH is 1. The minimum atomic E-state index is -0.714. The lowest BCUT2D eigenvalue weighted by atomic mass is 9.65. The van der Waals surface area contributed by atoms with Crippen molar-refractivity contribution in [2.24, 2.45) is 11.7 Å². The Morgan fingerprint density at radius 2 is 1.64 bits per heavy atom. The van der Waals surface area contributed by atoms with Crippen LogP contribution in [-0.4, -0.2) is 17.3 Å². The third-order valence-corrected chi connectivity index (χ3v) is 4.47. The Bertz CT molecular complexity index is 681. The second-order valence-electron chi connectivity index (χ2n) is 6.15. The van der Waals surface area contributed by atoms with Crippen LogP contribution in [0.15, 0.2) is 53.7 Å². The van der Waals surface area contributed by atoms with Crippen LogP contribution in [0.5, 0.6) is 0 Å². The number of allylic oxidation sites excluding steroid dienone is 2. The van der Waals surface area contributed by atoms with Crippen LogP contribution in [0, 0.1) is 5.92 Å². The first-order valence-corrected chi connectivity index (χ1v) is 7.59. The summed E-state index contributed by atoms with van der Waals surface area (Å²) in [4.78, 5) is 0. The summed E-state index contributed by atoms with van der Waals surface area (Å²) in [6.45, 7) is 4.06. The maximum absolute atomic E-state index is 10.8. The third kappa shape index (κ3) is 3.01. The number of hydrogen-bond donors (Lipinski definition) is 3. The van der Waals surface area contributed by atoms with E-state index in [0.29, 0.717) is 5.92 Å². The second kappa shape index (κ2) is 6.51. The molecule has 1 saturated carbocycles. The fraction of sp³-hybridized carbons (Fsp3) is 0.368. The maximum Gasteiger partial charge on any atom is 0.0909 e. The Labute approximate surface area is 132 Å². The fourth-order valence-electron chi connectivity index (χ4n) is 3.10. The van der Waals surface area contributed by atoms with Crippen molar-refractivity contribution < 1.29 is 10.2 Å². The van der Waals surface area contributed by atoms with Gasteiger partial charge in [0.1, 0.15) is 0 Å². The SMILES string of the molecule is CC(C)=C(N)C1CC(O)(c2ccc3ccccc3c2)C1.CO. The molecule has 3 rings (SSSR count). The topological polar surface area (TPSA) is 66.5 Å². The molecule has 2 aromatic carbocycles. The van der Waals surface area contributed by atoms with Gasteiger partial charge in [-0.05, 0) is 49.1 Å². The minimum absolute atomic E-state index is 0.316. The van der Waals surface area contributed by atoms with Gasteiger partial charge in [0.05, 0.1) is 5.60 Å². The summed E-state index contributed by atoms with van der Waals surface area (Å²) in [5.74, 6) is 0.316. The Kier molecular flexibility index (Phi) is 4.89. The van der Waals surface area contributed by atoms with E-state index in [-0.39, 0.29) is 0 Å². The van der Waals surface area contributed by atoms with Crippen LogP contribution in [0.1, 0.15) is 32.3 Å². The van der Waals surface area contributed by atoms with Gasteiger partial charge in [0.25, 0.3) is 0 Å². The van der Waals surface area contributed by atoms with Crippen molar-refractivity contribution in [3.8, 4) is 0 Å². The summed E-state index contributed by atoms with van der Waals surface area (Å²) in [6, 6.07) is 14.5. The van der Waals surface area contributed by atoms with Gasteiger partial charge in [-0.25, -0.2) is 0 Å². The van der Waals surface area contributed by atoms with Crippen LogP contribution in [0.2, 0.25) is 0 Å². The molecule has 22 heavy (non-hydrogen) atoms. The van der Waals surface area contributed by atoms with Gasteiger partial charge in [0, 0.05) is 18.7 Å². The summed E-state index contributed by atoms with van der Waals surface area (Å²) in [5.41, 5.74) is 8.48. The normalized spacial score (nSPS) is 23.2. The van der Waals surface area contributed by atoms with E-state index >= 15 is 0 Å². The first kappa shape index (κ1) is 16.5. The molecule has 0 saturated heterocycles. The van der Waals surface area contributed by atoms with Crippen LogP contribution in [-0.2, 0) is 5.60 Å². The average molecular weight is 299 g/mol. The molecule has 1 aliphatic carbocycles. The highest BCUT2D eigenvalue weighted by Gasteiger charge is 2.45. The van der Waals surface area contributed by atoms with E-state index in [1.165, 1.54) is 10.8 Å². The molecule has 3 nitrogen and oxygen atoms in total. The van der Waals surface area contributed by atoms with E-state index in [9.17, 15) is 5.11 Å². The summed E-state index contributed by atoms with van der Waals surface area (Å²) in [5, 5.41) is 20.1. The second-order valence-corrected chi connectivity index (χ2v) is 6.15. The maximum atomic E-state index is 10.8. The molecule has 1 fully saturated rings. The number of nitrogens with two attached hydrogens (primary N) is 1. The standard InChI is InChI=1S/C18H21NO.CH4O/c1-12(2)17(19)15-10-18(20,11-15)16-8-7-13-5-3-4-6-14(13)9-16;1-2/h3-9,15,20H,10-11,19H2,1-2H3;2H,1H3. The van der Waals surface area contributed by atoms with Gasteiger partial charge in [0.2, 0.25) is 0 Å². The summed E-state index contributed by atoms with van der Waals surface area (Å²) in [6.07, 6.45) is 1.45. The van der Waals surface area contributed by atoms with Crippen LogP contribution in [0.4, 0.5) is 0 Å². The molecule has 0 unspecified atom stereocenters. The van der Waals surface area contributed by atoms with Gasteiger partial charge < -0.3 is 15.9 Å². The molecule has 0 aliphatic heterocycles. The van der Waals surface area contributed by atoms with Crippen molar-refractivity contribution in [2.75, 3.05) is 7.11 Å². The summed E-state index contributed by atoms with van der Waals surface area (Å²) < 4.78 is 0. The van der Waals surface area contributed by atoms with Gasteiger partial charge in [-0.3, -0.25) is 0 Å². The largest absolute Gasteiger partial charge is 0.402 e. The molecule has 0 atom stereocenters. The van der Waals surface area contributed by atoms with Gasteiger partial charge in [-0.2, -0.15) is 0 Å². The monoisotopic (exact) mass is 299 g/mol. The molecule has 0 aromatic heterocycles. The van der Waals surface area contributed by atoms with Crippen LogP contribution >= 0.6 is 0 Å². The lowest BCUT2D eigenvalue weighted by Crippen LogP contribution is -2.43. The van der Waals surface area contributed by atoms with E-state index in [2.05, 4.69) is 24.3 Å². The van der Waals surface area contributed by atoms with E-state index < -0.39 is 5.60 Å². The van der Waals surface area contributed by atoms with Crippen LogP contribution in [0.3, 0.4) is 0 Å². The molecular weight excluding hydrogens is 274 g/mol. The molecule has 2 aromatic rings. The van der Waals surface area contributed by atoms with Crippen molar-refractivity contribution >= 4 is 10.8 Å². The van der Waals surface area contributed by atoms with Crippen molar-refractivity contribution in [1.82, 2.24) is 0 Å². The average Bonchev–Trinajstić information content (AvgIpc) is 2.52. The molecular formula is C19H25NO2. The minimum Gasteiger partial charge on any atom is -0.402 e. The highest BCUT2D eigenvalue weighted by molar-refractivity contribution is 5.83. The number of rotatable bonds is 2. The predicted octanol–water partition coefficient (Wildman–Crippen LogP) is 3.30. The van der Waals surface area contributed by atoms with Crippen molar-refractivity contribution in [3.05, 3.63) is 59.3 Å². The van der Waals surface area contributed by atoms with E-state index in [0.717, 1.165) is 36.8 Å². The molecule has 118 valence electrons. The Morgan fingerprint density at radius 3 is 2.23 bits per heavy atom. The van der Waals surface area contributed by atoms with Crippen LogP contribution in [0.25, 0.3) is 10.8 Å². The molecule has 0 heterocycles. The zero-order valence-corrected chi connectivity index (χ0v) is 13.5. The lowest BCUT2D eigenvalue weighted by molar-refractivity contribution is -0.0689. The Balaban J connectivity index is 0.000000847. The molecule has 0 bridgehead atoms. The first-order valence-electron chi connectivity index (χ1n) is 7.59. The van der Waals surface area contributed by atoms with E-state index in [1.54, 1.807) is 0 Å². The van der Waals surface area contributed by atoms with Gasteiger partial charge >= 0.3 is 0 Å². The van der Waals surface area contributed by atoms with Crippen molar-refractivity contribution in [3.63, 3.8) is 0 Å². The molecule has 3 heteroatoms. The molecule has 0 spiro atoms. The number of hydrogen-bond acceptors (Lipinski definition) is 3. The quantitative estimate of drug-likeness (QED) is 0.797. The van der Waals surface area contributed by atoms with Crippen molar-refractivity contribution in [2.45, 2.75) is 32.3 Å². The van der Waals surface area contributed by atoms with Gasteiger partial charge in [-0.1, -0.05) is 42.0 Å². The van der Waals surface area contributed by atoms with Crippen LogP contribution < -0.4 is 5.73 Å². The van der Waals surface area contributed by atoms with E-state index in [1.807, 2.05) is 32.0 Å². The third-order valence-electron chi connectivity index (χ3n) is 4.47. The van der Waals surface area contributed by atoms with Crippen molar-refractivity contribution in [1.29, 1.82) is 0 Å². The highest BCUT2D eigenvalue weighted by atomic mass is 16.3. The summed E-state index contributed by atoms with van der Waals surface area (Å²) in [7, 11) is 1.00. The summed E-state index contributed by atoms with van der Waals surface area (Å²) >= 11 is 0. The molecule has 4 N–H and O–H groups in total. The Morgan fingerprint density at radius 1 is 1.05 bits per heavy atom. The van der Waals surface area contributed by atoms with Gasteiger partial charge in [0.15, 0.2) is 0 Å². The predicted molar refractivity (Wildman–Crippen MR) is 91.3 cm³/mol. The zero-order valence-electron chi connectivity index (χ0n) is 13.5. The number of benzene rings is 2. The van der Waals surface area contributed by atoms with E-state index in [4.69, 9.17) is 10.8 Å². The highest BCUT2D eigenvalue weighted by Crippen LogP contribution is 2.48.